The number of halogens is 3. The second-order valence-corrected chi connectivity index (χ2v) is 8.31. The number of hydrogen-bond acceptors (Lipinski definition) is 7. The number of hydrogen-bond donors (Lipinski definition) is 0. The normalized spacial score (nSPS) is 15.0. The van der Waals surface area contributed by atoms with E-state index in [1.165, 1.54) is 21.3 Å². The van der Waals surface area contributed by atoms with Crippen LogP contribution in [0.5, 0.6) is 0 Å². The summed E-state index contributed by atoms with van der Waals surface area (Å²) in [6, 6.07) is 0.510. The van der Waals surface area contributed by atoms with Gasteiger partial charge in [0.1, 0.15) is 6.10 Å². The molecule has 150 valence electrons. The second-order valence-electron chi connectivity index (χ2n) is 5.22. The van der Waals surface area contributed by atoms with Crippen LogP contribution < -0.4 is 0 Å². The maximum atomic E-state index is 12.4. The van der Waals surface area contributed by atoms with Crippen LogP contribution in [0.1, 0.15) is 20.3 Å². The summed E-state index contributed by atoms with van der Waals surface area (Å²) in [6.45, 7) is 1.84. The predicted molar refractivity (Wildman–Crippen MR) is 84.0 cm³/mol. The van der Waals surface area contributed by atoms with E-state index >= 15 is 0 Å². The van der Waals surface area contributed by atoms with Crippen molar-refractivity contribution in [1.29, 1.82) is 0 Å². The molecule has 0 aromatic heterocycles. The van der Waals surface area contributed by atoms with Crippen LogP contribution in [0.25, 0.3) is 0 Å². The fourth-order valence-corrected chi connectivity index (χ4v) is 3.55. The summed E-state index contributed by atoms with van der Waals surface area (Å²) >= 11 is 0. The van der Waals surface area contributed by atoms with E-state index < -0.39 is 39.8 Å². The first kappa shape index (κ1) is 24.3. The highest BCUT2D eigenvalue weighted by Gasteiger charge is 2.38. The molecule has 7 nitrogen and oxygen atoms in total. The Labute approximate surface area is 147 Å². The molecule has 0 bridgehead atoms. The van der Waals surface area contributed by atoms with Crippen LogP contribution in [0.15, 0.2) is 0 Å². The first-order valence-electron chi connectivity index (χ1n) is 7.69. The highest BCUT2D eigenvalue weighted by Crippen LogP contribution is 2.22. The third-order valence-corrected chi connectivity index (χ3v) is 6.17. The number of rotatable bonds is 13. The van der Waals surface area contributed by atoms with Gasteiger partial charge in [0.05, 0.1) is 13.2 Å². The fraction of sp³-hybridized carbons (Fsp3) is 0.929. The van der Waals surface area contributed by atoms with Crippen LogP contribution in [-0.2, 0) is 32.3 Å². The van der Waals surface area contributed by atoms with Crippen LogP contribution in [0.3, 0.4) is 0 Å². The zero-order chi connectivity index (χ0) is 19.5. The van der Waals surface area contributed by atoms with Gasteiger partial charge >= 0.3 is 21.0 Å². The molecule has 0 heterocycles. The molecule has 0 aliphatic carbocycles. The molecule has 11 heteroatoms. The topological polar surface area (TPSA) is 72.5 Å². The van der Waals surface area contributed by atoms with E-state index in [0.717, 1.165) is 13.8 Å². The molecule has 25 heavy (non-hydrogen) atoms. The molecule has 0 N–H and O–H groups in total. The van der Waals surface area contributed by atoms with Crippen molar-refractivity contribution >= 4 is 14.8 Å². The van der Waals surface area contributed by atoms with Crippen molar-refractivity contribution in [3.8, 4) is 0 Å². The third kappa shape index (κ3) is 10.1. The maximum Gasteiger partial charge on any atom is 0.500 e. The molecule has 2 atom stereocenters. The van der Waals surface area contributed by atoms with Crippen molar-refractivity contribution in [1.82, 2.24) is 0 Å². The van der Waals surface area contributed by atoms with Crippen molar-refractivity contribution in [2.75, 3.05) is 41.2 Å². The molecule has 0 rings (SSSR count). The first-order chi connectivity index (χ1) is 11.6. The van der Waals surface area contributed by atoms with Crippen molar-refractivity contribution in [3.05, 3.63) is 0 Å². The van der Waals surface area contributed by atoms with Gasteiger partial charge in [0, 0.05) is 40.9 Å². The van der Waals surface area contributed by atoms with Crippen molar-refractivity contribution in [3.63, 3.8) is 0 Å². The van der Waals surface area contributed by atoms with Gasteiger partial charge in [-0.15, -0.1) is 0 Å². The molecular weight excluding hydrogens is 365 g/mol. The number of carbonyl (C=O) groups excluding carboxylic acids is 1. The summed E-state index contributed by atoms with van der Waals surface area (Å²) in [7, 11) is 1.80. The van der Waals surface area contributed by atoms with E-state index in [4.69, 9.17) is 27.5 Å². The molecule has 0 radical (unpaired) electrons. The average molecular weight is 392 g/mol. The molecule has 0 saturated heterocycles. The van der Waals surface area contributed by atoms with Gasteiger partial charge in [-0.25, -0.2) is 0 Å². The van der Waals surface area contributed by atoms with Gasteiger partial charge in [-0.1, -0.05) is 0 Å². The number of alkyl halides is 3. The largest absolute Gasteiger partial charge is 0.500 e. The Morgan fingerprint density at radius 2 is 1.64 bits per heavy atom. The lowest BCUT2D eigenvalue weighted by Gasteiger charge is -2.24. The van der Waals surface area contributed by atoms with Gasteiger partial charge < -0.3 is 27.5 Å². The number of esters is 1. The minimum absolute atomic E-state index is 0.0777. The van der Waals surface area contributed by atoms with E-state index in [9.17, 15) is 18.0 Å². The van der Waals surface area contributed by atoms with E-state index in [1.807, 2.05) is 0 Å². The van der Waals surface area contributed by atoms with E-state index in [-0.39, 0.29) is 13.2 Å². The summed E-state index contributed by atoms with van der Waals surface area (Å²) in [4.78, 5) is 11.0. The molecule has 0 aliphatic heterocycles. The standard InChI is InChI=1S/C14H27F3O7Si/c1-11(14(15,16)17)23-10-13(24-12(2)18)9-22-7-6-8-25(19-3,20-4)21-5/h11,13H,6-10H2,1-5H3. The summed E-state index contributed by atoms with van der Waals surface area (Å²) in [5, 5.41) is 0. The maximum absolute atomic E-state index is 12.4. The highest BCUT2D eigenvalue weighted by molar-refractivity contribution is 6.60. The van der Waals surface area contributed by atoms with Crippen molar-refractivity contribution in [2.24, 2.45) is 0 Å². The Kier molecular flexibility index (Phi) is 11.5. The molecule has 0 saturated carbocycles. The van der Waals surface area contributed by atoms with Crippen LogP contribution in [-0.4, -0.2) is 74.3 Å². The molecule has 0 aromatic rings. The van der Waals surface area contributed by atoms with Crippen LogP contribution in [0.2, 0.25) is 6.04 Å². The summed E-state index contributed by atoms with van der Waals surface area (Å²) in [5.41, 5.74) is 0. The quantitative estimate of drug-likeness (QED) is 0.270. The summed E-state index contributed by atoms with van der Waals surface area (Å²) in [5.74, 6) is -0.624. The lowest BCUT2D eigenvalue weighted by molar-refractivity contribution is -0.222. The Bertz CT molecular complexity index is 370. The van der Waals surface area contributed by atoms with Gasteiger partial charge in [0.2, 0.25) is 0 Å². The lowest BCUT2D eigenvalue weighted by atomic mass is 10.3. The predicted octanol–water partition coefficient (Wildman–Crippen LogP) is 2.17. The van der Waals surface area contributed by atoms with Crippen molar-refractivity contribution in [2.45, 2.75) is 44.7 Å². The van der Waals surface area contributed by atoms with E-state index in [1.54, 1.807) is 0 Å². The van der Waals surface area contributed by atoms with Gasteiger partial charge in [-0.05, 0) is 13.3 Å². The zero-order valence-electron chi connectivity index (χ0n) is 15.2. The average Bonchev–Trinajstić information content (AvgIpc) is 2.54. The molecule has 0 spiro atoms. The van der Waals surface area contributed by atoms with Crippen LogP contribution in [0, 0.1) is 0 Å². The summed E-state index contributed by atoms with van der Waals surface area (Å²) < 4.78 is 68.0. The molecular formula is C14H27F3O7Si. The van der Waals surface area contributed by atoms with Gasteiger partial charge in [0.25, 0.3) is 0 Å². The minimum atomic E-state index is -4.48. The van der Waals surface area contributed by atoms with Crippen LogP contribution >= 0.6 is 0 Å². The van der Waals surface area contributed by atoms with Gasteiger partial charge in [0.15, 0.2) is 6.10 Å². The Morgan fingerprint density at radius 1 is 1.08 bits per heavy atom. The second kappa shape index (κ2) is 11.8. The fourth-order valence-electron chi connectivity index (χ4n) is 1.86. The van der Waals surface area contributed by atoms with Gasteiger partial charge in [-0.2, -0.15) is 13.2 Å². The lowest BCUT2D eigenvalue weighted by Crippen LogP contribution is -2.42. The van der Waals surface area contributed by atoms with E-state index in [2.05, 4.69) is 0 Å². The molecule has 2 unspecified atom stereocenters. The first-order valence-corrected chi connectivity index (χ1v) is 9.62. The zero-order valence-corrected chi connectivity index (χ0v) is 16.2. The van der Waals surface area contributed by atoms with Crippen molar-refractivity contribution < 1.29 is 45.5 Å². The Balaban J connectivity index is 4.26. The van der Waals surface area contributed by atoms with Gasteiger partial charge in [-0.3, -0.25) is 4.79 Å². The molecule has 0 fully saturated rings. The Hall–Kier alpha value is -0.723. The SMILES string of the molecule is CO[Si](CCCOCC(COC(C)C(F)(F)F)OC(C)=O)(OC)OC. The smallest absolute Gasteiger partial charge is 0.458 e. The third-order valence-electron chi connectivity index (χ3n) is 3.33. The highest BCUT2D eigenvalue weighted by atomic mass is 28.4. The minimum Gasteiger partial charge on any atom is -0.458 e. The number of ether oxygens (including phenoxy) is 3. The Morgan fingerprint density at radius 3 is 2.08 bits per heavy atom. The molecule has 0 aromatic carbocycles. The molecule has 0 amide bonds. The summed E-state index contributed by atoms with van der Waals surface area (Å²) in [6.07, 6.45) is -6.80. The number of carbonyl (C=O) groups is 1. The molecule has 0 aliphatic rings. The van der Waals surface area contributed by atoms with E-state index in [0.29, 0.717) is 12.5 Å². The monoisotopic (exact) mass is 392 g/mol. The van der Waals surface area contributed by atoms with Crippen LogP contribution in [0.4, 0.5) is 13.2 Å².